The summed E-state index contributed by atoms with van der Waals surface area (Å²) in [4.78, 5) is 10.2. The molecule has 0 amide bonds. The van der Waals surface area contributed by atoms with Gasteiger partial charge < -0.3 is 0 Å². The zero-order valence-corrected chi connectivity index (χ0v) is 13.9. The lowest BCUT2D eigenvalue weighted by Crippen LogP contribution is -2.33. The second-order valence-electron chi connectivity index (χ2n) is 5.94. The van der Waals surface area contributed by atoms with Gasteiger partial charge in [0.1, 0.15) is 0 Å². The van der Waals surface area contributed by atoms with Crippen molar-refractivity contribution in [1.82, 2.24) is 4.31 Å². The van der Waals surface area contributed by atoms with E-state index in [1.807, 2.05) is 30.3 Å². The number of hydrogen-bond acceptors (Lipinski definition) is 4. The molecule has 1 aliphatic carbocycles. The van der Waals surface area contributed by atoms with Crippen molar-refractivity contribution in [1.29, 1.82) is 0 Å². The van der Waals surface area contributed by atoms with Crippen molar-refractivity contribution in [2.45, 2.75) is 31.2 Å². The summed E-state index contributed by atoms with van der Waals surface area (Å²) in [5.41, 5.74) is 1.47. The molecule has 1 aliphatic rings. The van der Waals surface area contributed by atoms with E-state index in [-0.39, 0.29) is 17.5 Å². The molecule has 0 unspecified atom stereocenters. The summed E-state index contributed by atoms with van der Waals surface area (Å²) in [7, 11) is -3.48. The third-order valence-corrected chi connectivity index (χ3v) is 5.83. The Morgan fingerprint density at radius 3 is 2.17 bits per heavy atom. The van der Waals surface area contributed by atoms with Crippen molar-refractivity contribution in [2.24, 2.45) is 0 Å². The minimum absolute atomic E-state index is 0.0421. The summed E-state index contributed by atoms with van der Waals surface area (Å²) in [5.74, 6) is -0.145. The van der Waals surface area contributed by atoms with Crippen molar-refractivity contribution in [2.75, 3.05) is 0 Å². The average Bonchev–Trinajstić information content (AvgIpc) is 3.38. The summed E-state index contributed by atoms with van der Waals surface area (Å²) < 4.78 is 27.2. The van der Waals surface area contributed by atoms with Crippen molar-refractivity contribution < 1.29 is 13.3 Å². The molecule has 2 aromatic carbocycles. The van der Waals surface area contributed by atoms with Crippen LogP contribution in [0.2, 0.25) is 0 Å². The molecule has 1 fully saturated rings. The van der Waals surface area contributed by atoms with Gasteiger partial charge in [0.05, 0.1) is 10.7 Å². The zero-order valence-electron chi connectivity index (χ0n) is 13.0. The first-order valence-electron chi connectivity index (χ1n) is 7.72. The van der Waals surface area contributed by atoms with Gasteiger partial charge in [-0.3, -0.25) is 10.1 Å². The van der Waals surface area contributed by atoms with Gasteiger partial charge in [-0.15, -0.1) is 0 Å². The van der Waals surface area contributed by atoms with Crippen molar-refractivity contribution in [3.05, 3.63) is 75.8 Å². The molecular weight excluding hydrogens is 328 g/mol. The monoisotopic (exact) mass is 346 g/mol. The van der Waals surface area contributed by atoms with Crippen LogP contribution < -0.4 is 0 Å². The van der Waals surface area contributed by atoms with Crippen LogP contribution in [-0.4, -0.2) is 23.7 Å². The van der Waals surface area contributed by atoms with Crippen molar-refractivity contribution >= 4 is 15.7 Å². The Morgan fingerprint density at radius 1 is 1.00 bits per heavy atom. The van der Waals surface area contributed by atoms with Gasteiger partial charge in [0.15, 0.2) is 0 Å². The molecular formula is C17H18N2O4S. The van der Waals surface area contributed by atoms with Gasteiger partial charge in [-0.25, -0.2) is 8.42 Å². The third kappa shape index (κ3) is 3.98. The molecule has 6 nitrogen and oxygen atoms in total. The Bertz CT molecular complexity index is 815. The lowest BCUT2D eigenvalue weighted by Gasteiger charge is -2.22. The minimum Gasteiger partial charge on any atom is -0.258 e. The molecule has 1 saturated carbocycles. The number of rotatable bonds is 7. The Labute approximate surface area is 140 Å². The minimum atomic E-state index is -3.48. The lowest BCUT2D eigenvalue weighted by molar-refractivity contribution is -0.384. The van der Waals surface area contributed by atoms with Crippen molar-refractivity contribution in [3.63, 3.8) is 0 Å². The van der Waals surface area contributed by atoms with Crippen LogP contribution in [-0.2, 0) is 22.3 Å². The largest absolute Gasteiger partial charge is 0.269 e. The molecule has 0 spiro atoms. The van der Waals surface area contributed by atoms with E-state index in [1.165, 1.54) is 24.3 Å². The van der Waals surface area contributed by atoms with Crippen LogP contribution in [0.25, 0.3) is 0 Å². The molecule has 0 radical (unpaired) electrons. The first-order valence-corrected chi connectivity index (χ1v) is 9.33. The number of sulfonamides is 1. The van der Waals surface area contributed by atoms with E-state index in [1.54, 1.807) is 4.31 Å². The molecule has 7 heteroatoms. The van der Waals surface area contributed by atoms with Crippen LogP contribution in [0.15, 0.2) is 54.6 Å². The van der Waals surface area contributed by atoms with Crippen LogP contribution in [0.1, 0.15) is 24.0 Å². The van der Waals surface area contributed by atoms with E-state index in [9.17, 15) is 18.5 Å². The highest BCUT2D eigenvalue weighted by Crippen LogP contribution is 2.32. The van der Waals surface area contributed by atoms with Gasteiger partial charge in [0.25, 0.3) is 5.69 Å². The lowest BCUT2D eigenvalue weighted by atomic mass is 10.2. The third-order valence-electron chi connectivity index (χ3n) is 3.99. The van der Waals surface area contributed by atoms with Crippen LogP contribution in [0.4, 0.5) is 5.69 Å². The van der Waals surface area contributed by atoms with Gasteiger partial charge in [0, 0.05) is 24.7 Å². The fourth-order valence-electron chi connectivity index (χ4n) is 2.59. The van der Waals surface area contributed by atoms with Gasteiger partial charge >= 0.3 is 0 Å². The number of nitro groups is 1. The predicted molar refractivity (Wildman–Crippen MR) is 90.7 cm³/mol. The quantitative estimate of drug-likeness (QED) is 0.570. The summed E-state index contributed by atoms with van der Waals surface area (Å²) in [5, 5.41) is 10.7. The second kappa shape index (κ2) is 6.70. The van der Waals surface area contributed by atoms with Crippen LogP contribution in [0, 0.1) is 10.1 Å². The topological polar surface area (TPSA) is 80.5 Å². The fourth-order valence-corrected chi connectivity index (χ4v) is 4.38. The molecule has 0 saturated heterocycles. The number of benzene rings is 2. The standard InChI is InChI=1S/C17H18N2O4S/c20-19(21)17-8-6-15(7-9-17)13-24(22,23)18(16-10-11-16)12-14-4-2-1-3-5-14/h1-9,16H,10-13H2. The number of nitrogens with zero attached hydrogens (tertiary/aromatic N) is 2. The Morgan fingerprint density at radius 2 is 1.62 bits per heavy atom. The smallest absolute Gasteiger partial charge is 0.258 e. The van der Waals surface area contributed by atoms with E-state index in [0.717, 1.165) is 18.4 Å². The Hall–Kier alpha value is -2.25. The van der Waals surface area contributed by atoms with Crippen LogP contribution >= 0.6 is 0 Å². The molecule has 126 valence electrons. The molecule has 3 rings (SSSR count). The van der Waals surface area contributed by atoms with E-state index >= 15 is 0 Å². The maximum Gasteiger partial charge on any atom is 0.269 e. The van der Waals surface area contributed by atoms with Gasteiger partial charge in [-0.2, -0.15) is 4.31 Å². The summed E-state index contributed by atoms with van der Waals surface area (Å²) in [6.07, 6.45) is 1.76. The number of non-ortho nitro benzene ring substituents is 1. The maximum atomic E-state index is 12.8. The first-order chi connectivity index (χ1) is 11.5. The van der Waals surface area contributed by atoms with E-state index < -0.39 is 14.9 Å². The zero-order chi connectivity index (χ0) is 17.2. The number of hydrogen-bond donors (Lipinski definition) is 0. The van der Waals surface area contributed by atoms with Crippen molar-refractivity contribution in [3.8, 4) is 0 Å². The van der Waals surface area contributed by atoms with Gasteiger partial charge in [-0.1, -0.05) is 42.5 Å². The average molecular weight is 346 g/mol. The molecule has 0 bridgehead atoms. The van der Waals surface area contributed by atoms with Gasteiger partial charge in [-0.05, 0) is 24.0 Å². The molecule has 0 aromatic heterocycles. The second-order valence-corrected chi connectivity index (χ2v) is 7.86. The normalized spacial score (nSPS) is 14.7. The first kappa shape index (κ1) is 16.6. The molecule has 0 atom stereocenters. The summed E-state index contributed by atoms with van der Waals surface area (Å²) >= 11 is 0. The Balaban J connectivity index is 1.77. The highest BCUT2D eigenvalue weighted by atomic mass is 32.2. The highest BCUT2D eigenvalue weighted by Gasteiger charge is 2.37. The van der Waals surface area contributed by atoms with E-state index in [2.05, 4.69) is 0 Å². The maximum absolute atomic E-state index is 12.8. The van der Waals surface area contributed by atoms with Gasteiger partial charge in [0.2, 0.25) is 10.0 Å². The molecule has 24 heavy (non-hydrogen) atoms. The van der Waals surface area contributed by atoms with Crippen LogP contribution in [0.5, 0.6) is 0 Å². The molecule has 2 aromatic rings. The Kier molecular flexibility index (Phi) is 4.64. The number of nitro benzene ring substituents is 1. The molecule has 0 aliphatic heterocycles. The van der Waals surface area contributed by atoms with E-state index in [4.69, 9.17) is 0 Å². The summed E-state index contributed by atoms with van der Waals surface area (Å²) in [6, 6.07) is 15.3. The predicted octanol–water partition coefficient (Wildman–Crippen LogP) is 3.09. The fraction of sp³-hybridized carbons (Fsp3) is 0.294. The van der Waals surface area contributed by atoms with Crippen LogP contribution in [0.3, 0.4) is 0 Å². The van der Waals surface area contributed by atoms with E-state index in [0.29, 0.717) is 12.1 Å². The summed E-state index contributed by atoms with van der Waals surface area (Å²) in [6.45, 7) is 0.362. The SMILES string of the molecule is O=[N+]([O-])c1ccc(CS(=O)(=O)N(Cc2ccccc2)C2CC2)cc1. The molecule has 0 N–H and O–H groups in total. The highest BCUT2D eigenvalue weighted by molar-refractivity contribution is 7.88. The molecule has 0 heterocycles.